The summed E-state index contributed by atoms with van der Waals surface area (Å²) < 4.78 is 6.06. The van der Waals surface area contributed by atoms with Crippen molar-refractivity contribution in [1.29, 1.82) is 0 Å². The molecule has 7 heteroatoms. The van der Waals surface area contributed by atoms with E-state index in [1.165, 1.54) is 0 Å². The third-order valence-electron chi connectivity index (χ3n) is 3.84. The molecule has 0 spiro atoms. The first-order valence-corrected chi connectivity index (χ1v) is 9.14. The number of hydrogen-bond acceptors (Lipinski definition) is 5. The molecule has 1 aliphatic heterocycles. The summed E-state index contributed by atoms with van der Waals surface area (Å²) in [5.74, 6) is 1.57. The van der Waals surface area contributed by atoms with Gasteiger partial charge in [0.15, 0.2) is 11.6 Å². The smallest absolute Gasteiger partial charge is 0.317 e. The van der Waals surface area contributed by atoms with Crippen LogP contribution < -0.4 is 15.0 Å². The first-order valence-electron chi connectivity index (χ1n) is 7.85. The largest absolute Gasteiger partial charge is 0.485 e. The number of carbonyl (C=O) groups excluding carboxylic acids is 1. The Bertz CT molecular complexity index is 527. The Morgan fingerprint density at radius 1 is 1.61 bits per heavy atom. The number of nitrogens with one attached hydrogen (secondary N) is 1. The van der Waals surface area contributed by atoms with E-state index >= 15 is 0 Å². The first-order chi connectivity index (χ1) is 11.0. The van der Waals surface area contributed by atoms with E-state index in [9.17, 15) is 4.79 Å². The lowest BCUT2D eigenvalue weighted by atomic mass is 10.3. The summed E-state index contributed by atoms with van der Waals surface area (Å²) in [6, 6.07) is 3.78. The van der Waals surface area contributed by atoms with Crippen LogP contribution in [0.1, 0.15) is 13.3 Å². The average Bonchev–Trinajstić information content (AvgIpc) is 3.01. The lowest BCUT2D eigenvalue weighted by Crippen LogP contribution is -2.41. The van der Waals surface area contributed by atoms with Crippen LogP contribution in [0.15, 0.2) is 18.3 Å². The van der Waals surface area contributed by atoms with Crippen LogP contribution in [0.2, 0.25) is 0 Å². The van der Waals surface area contributed by atoms with E-state index in [0.29, 0.717) is 18.3 Å². The molecule has 0 aliphatic carbocycles. The Kier molecular flexibility index (Phi) is 6.38. The van der Waals surface area contributed by atoms with Crippen molar-refractivity contribution in [2.24, 2.45) is 0 Å². The molecular weight excluding hydrogens is 312 g/mol. The molecule has 1 N–H and O–H groups in total. The summed E-state index contributed by atoms with van der Waals surface area (Å²) in [6.07, 6.45) is 4.66. The molecule has 2 atom stereocenters. The molecule has 1 aromatic rings. The van der Waals surface area contributed by atoms with Gasteiger partial charge >= 0.3 is 6.03 Å². The fourth-order valence-corrected chi connectivity index (χ4v) is 2.67. The molecule has 0 bridgehead atoms. The van der Waals surface area contributed by atoms with Crippen LogP contribution in [0.25, 0.3) is 0 Å². The van der Waals surface area contributed by atoms with Gasteiger partial charge in [0.1, 0.15) is 6.10 Å². The van der Waals surface area contributed by atoms with Crippen molar-refractivity contribution < 1.29 is 9.53 Å². The first kappa shape index (κ1) is 17.7. The van der Waals surface area contributed by atoms with Gasteiger partial charge in [-0.05, 0) is 18.4 Å². The lowest BCUT2D eigenvalue weighted by molar-refractivity contribution is 0.187. The van der Waals surface area contributed by atoms with E-state index in [1.807, 2.05) is 42.3 Å². The third-order valence-corrected chi connectivity index (χ3v) is 4.81. The number of likely N-dealkylation sites (tertiary alicyclic amines) is 1. The number of pyridine rings is 1. The molecule has 23 heavy (non-hydrogen) atoms. The predicted molar refractivity (Wildman–Crippen MR) is 95.5 cm³/mol. The number of carbonyl (C=O) groups is 1. The average molecular weight is 338 g/mol. The Morgan fingerprint density at radius 3 is 3.09 bits per heavy atom. The maximum absolute atomic E-state index is 12.2. The van der Waals surface area contributed by atoms with Crippen molar-refractivity contribution in [2.75, 3.05) is 44.9 Å². The molecule has 0 unspecified atom stereocenters. The predicted octanol–water partition coefficient (Wildman–Crippen LogP) is 2.06. The van der Waals surface area contributed by atoms with Gasteiger partial charge in [0, 0.05) is 45.1 Å². The van der Waals surface area contributed by atoms with E-state index in [4.69, 9.17) is 4.74 Å². The molecule has 0 aromatic carbocycles. The number of urea groups is 1. The van der Waals surface area contributed by atoms with Crippen LogP contribution in [-0.2, 0) is 0 Å². The minimum absolute atomic E-state index is 0.00369. The molecule has 6 nitrogen and oxygen atoms in total. The monoisotopic (exact) mass is 338 g/mol. The van der Waals surface area contributed by atoms with Crippen LogP contribution in [-0.4, -0.2) is 67.3 Å². The van der Waals surface area contributed by atoms with Crippen LogP contribution in [0, 0.1) is 0 Å². The summed E-state index contributed by atoms with van der Waals surface area (Å²) in [6.45, 7) is 4.13. The van der Waals surface area contributed by atoms with Gasteiger partial charge < -0.3 is 19.9 Å². The number of amides is 2. The van der Waals surface area contributed by atoms with Crippen LogP contribution in [0.5, 0.6) is 5.75 Å². The number of rotatable bonds is 6. The van der Waals surface area contributed by atoms with Crippen molar-refractivity contribution in [1.82, 2.24) is 15.2 Å². The molecule has 1 fully saturated rings. The molecule has 1 saturated heterocycles. The summed E-state index contributed by atoms with van der Waals surface area (Å²) in [5, 5.41) is 3.40. The summed E-state index contributed by atoms with van der Waals surface area (Å²) >= 11 is 1.75. The van der Waals surface area contributed by atoms with Crippen molar-refractivity contribution in [3.8, 4) is 5.75 Å². The number of ether oxygens (including phenoxy) is 1. The SMILES string of the molecule is CS[C@@H](C)CNC(=O)N1CC[C@H](Oc2cccnc2N(C)C)C1. The Morgan fingerprint density at radius 2 is 2.39 bits per heavy atom. The van der Waals surface area contributed by atoms with Crippen molar-refractivity contribution in [2.45, 2.75) is 24.7 Å². The minimum Gasteiger partial charge on any atom is -0.485 e. The van der Waals surface area contributed by atoms with Crippen LogP contribution >= 0.6 is 11.8 Å². The van der Waals surface area contributed by atoms with Crippen molar-refractivity contribution in [3.05, 3.63) is 18.3 Å². The topological polar surface area (TPSA) is 57.7 Å². The van der Waals surface area contributed by atoms with E-state index in [1.54, 1.807) is 18.0 Å². The number of thioether (sulfide) groups is 1. The Labute approximate surface area is 142 Å². The second kappa shape index (κ2) is 8.29. The Hall–Kier alpha value is -1.63. The molecular formula is C16H26N4O2S. The molecule has 1 aliphatic rings. The van der Waals surface area contributed by atoms with Gasteiger partial charge in [-0.25, -0.2) is 9.78 Å². The maximum atomic E-state index is 12.2. The van der Waals surface area contributed by atoms with Crippen LogP contribution in [0.4, 0.5) is 10.6 Å². The zero-order valence-electron chi connectivity index (χ0n) is 14.3. The van der Waals surface area contributed by atoms with E-state index in [-0.39, 0.29) is 12.1 Å². The van der Waals surface area contributed by atoms with Gasteiger partial charge in [-0.2, -0.15) is 11.8 Å². The quantitative estimate of drug-likeness (QED) is 0.860. The number of hydrogen-bond donors (Lipinski definition) is 1. The van der Waals surface area contributed by atoms with Gasteiger partial charge in [0.25, 0.3) is 0 Å². The Balaban J connectivity index is 1.87. The lowest BCUT2D eigenvalue weighted by Gasteiger charge is -2.21. The van der Waals surface area contributed by atoms with Gasteiger partial charge in [0.2, 0.25) is 0 Å². The highest BCUT2D eigenvalue weighted by Gasteiger charge is 2.28. The molecule has 0 radical (unpaired) electrons. The van der Waals surface area contributed by atoms with Gasteiger partial charge in [-0.1, -0.05) is 6.92 Å². The summed E-state index contributed by atoms with van der Waals surface area (Å²) in [7, 11) is 3.88. The van der Waals surface area contributed by atoms with Gasteiger partial charge in [-0.15, -0.1) is 0 Å². The van der Waals surface area contributed by atoms with E-state index < -0.39 is 0 Å². The fraction of sp³-hybridized carbons (Fsp3) is 0.625. The van der Waals surface area contributed by atoms with Crippen LogP contribution in [0.3, 0.4) is 0 Å². The van der Waals surface area contributed by atoms with Gasteiger partial charge in [0.05, 0.1) is 6.54 Å². The van der Waals surface area contributed by atoms with Gasteiger partial charge in [-0.3, -0.25) is 0 Å². The molecule has 128 valence electrons. The fourth-order valence-electron chi connectivity index (χ4n) is 2.42. The van der Waals surface area contributed by atoms with E-state index in [0.717, 1.165) is 24.5 Å². The van der Waals surface area contributed by atoms with E-state index in [2.05, 4.69) is 17.2 Å². The zero-order valence-corrected chi connectivity index (χ0v) is 15.1. The highest BCUT2D eigenvalue weighted by atomic mass is 32.2. The maximum Gasteiger partial charge on any atom is 0.317 e. The van der Waals surface area contributed by atoms with Crippen molar-refractivity contribution in [3.63, 3.8) is 0 Å². The number of anilines is 1. The second-order valence-corrected chi connectivity index (χ2v) is 7.20. The standard InChI is InChI=1S/C16H26N4O2S/c1-12(23-4)10-18-16(21)20-9-7-13(11-20)22-14-6-5-8-17-15(14)19(2)3/h5-6,8,12-13H,7,9-11H2,1-4H3,(H,18,21)/t12-,13-/m0/s1. The summed E-state index contributed by atoms with van der Waals surface area (Å²) in [4.78, 5) is 20.3. The molecule has 2 heterocycles. The molecule has 2 amide bonds. The van der Waals surface area contributed by atoms with Crippen molar-refractivity contribution >= 4 is 23.6 Å². The minimum atomic E-state index is -0.00369. The zero-order chi connectivity index (χ0) is 16.8. The molecule has 2 rings (SSSR count). The second-order valence-electron chi connectivity index (χ2n) is 5.93. The number of nitrogens with zero attached hydrogens (tertiary/aromatic N) is 3. The number of aromatic nitrogens is 1. The normalized spacial score (nSPS) is 18.6. The molecule has 0 saturated carbocycles. The molecule has 1 aromatic heterocycles. The highest BCUT2D eigenvalue weighted by molar-refractivity contribution is 7.99. The summed E-state index contributed by atoms with van der Waals surface area (Å²) in [5.41, 5.74) is 0. The third kappa shape index (κ3) is 4.92. The highest BCUT2D eigenvalue weighted by Crippen LogP contribution is 2.26.